The molecular formula is C17H27FN2O2S. The van der Waals surface area contributed by atoms with E-state index in [9.17, 15) is 12.8 Å². The first kappa shape index (κ1) is 18.2. The van der Waals surface area contributed by atoms with Crippen molar-refractivity contribution in [3.05, 3.63) is 29.6 Å². The molecule has 0 aromatic heterocycles. The van der Waals surface area contributed by atoms with Gasteiger partial charge in [-0.3, -0.25) is 0 Å². The third-order valence-electron chi connectivity index (χ3n) is 4.33. The maximum Gasteiger partial charge on any atom is 0.151 e. The lowest BCUT2D eigenvalue weighted by Gasteiger charge is -2.36. The standard InChI is InChI=1S/C17H27FN2O2S/c1-4-23(21,22)12-14(3)19-15-6-5-9-20(11-15)17-10-13(2)7-8-16(17)18/h7-8,10,14-15,19H,4-6,9,11-12H2,1-3H3/t14-,15-/m1/s1. The van der Waals surface area contributed by atoms with Crippen LogP contribution in [0.15, 0.2) is 18.2 Å². The molecule has 0 bridgehead atoms. The van der Waals surface area contributed by atoms with Crippen molar-refractivity contribution in [3.8, 4) is 0 Å². The van der Waals surface area contributed by atoms with Gasteiger partial charge in [0.25, 0.3) is 0 Å². The van der Waals surface area contributed by atoms with E-state index in [1.807, 2.05) is 19.9 Å². The number of rotatable bonds is 6. The minimum atomic E-state index is -2.98. The fourth-order valence-electron chi connectivity index (χ4n) is 3.15. The van der Waals surface area contributed by atoms with Crippen molar-refractivity contribution in [2.75, 3.05) is 29.5 Å². The zero-order valence-corrected chi connectivity index (χ0v) is 15.0. The lowest BCUT2D eigenvalue weighted by Crippen LogP contribution is -2.50. The first-order valence-corrected chi connectivity index (χ1v) is 10.1. The highest BCUT2D eigenvalue weighted by Crippen LogP contribution is 2.24. The summed E-state index contributed by atoms with van der Waals surface area (Å²) in [6, 6.07) is 5.26. The molecule has 1 aromatic rings. The summed E-state index contributed by atoms with van der Waals surface area (Å²) in [5.74, 6) is 0.126. The number of nitrogens with zero attached hydrogens (tertiary/aromatic N) is 1. The zero-order valence-electron chi connectivity index (χ0n) is 14.2. The van der Waals surface area contributed by atoms with Crippen molar-refractivity contribution in [2.45, 2.75) is 45.7 Å². The first-order valence-electron chi connectivity index (χ1n) is 8.28. The molecule has 2 atom stereocenters. The van der Waals surface area contributed by atoms with Crippen LogP contribution >= 0.6 is 0 Å². The van der Waals surface area contributed by atoms with Gasteiger partial charge in [-0.1, -0.05) is 13.0 Å². The van der Waals surface area contributed by atoms with Gasteiger partial charge in [0.1, 0.15) is 5.82 Å². The summed E-state index contributed by atoms with van der Waals surface area (Å²) in [5, 5.41) is 3.40. The third-order valence-corrected chi connectivity index (χ3v) is 6.22. The normalized spacial score (nSPS) is 20.5. The van der Waals surface area contributed by atoms with E-state index in [0.717, 1.165) is 24.9 Å². The summed E-state index contributed by atoms with van der Waals surface area (Å²) in [5.41, 5.74) is 1.68. The summed E-state index contributed by atoms with van der Waals surface area (Å²) in [6.07, 6.45) is 1.96. The predicted octanol–water partition coefficient (Wildman–Crippen LogP) is 2.52. The molecule has 6 heteroatoms. The van der Waals surface area contributed by atoms with Gasteiger partial charge in [-0.2, -0.15) is 0 Å². The second-order valence-corrected chi connectivity index (χ2v) is 8.90. The minimum absolute atomic E-state index is 0.0905. The monoisotopic (exact) mass is 342 g/mol. The summed E-state index contributed by atoms with van der Waals surface area (Å²) in [4.78, 5) is 2.06. The summed E-state index contributed by atoms with van der Waals surface area (Å²) >= 11 is 0. The Kier molecular flexibility index (Phi) is 6.03. The number of nitrogens with one attached hydrogen (secondary N) is 1. The smallest absolute Gasteiger partial charge is 0.151 e. The SMILES string of the molecule is CCS(=O)(=O)C[C@@H](C)N[C@@H]1CCCN(c2cc(C)ccc2F)C1. The Morgan fingerprint density at radius 2 is 2.17 bits per heavy atom. The predicted molar refractivity (Wildman–Crippen MR) is 93.3 cm³/mol. The second kappa shape index (κ2) is 7.62. The molecular weight excluding hydrogens is 315 g/mol. The lowest BCUT2D eigenvalue weighted by atomic mass is 10.0. The van der Waals surface area contributed by atoms with Crippen molar-refractivity contribution in [1.29, 1.82) is 0 Å². The van der Waals surface area contributed by atoms with Gasteiger partial charge < -0.3 is 10.2 Å². The highest BCUT2D eigenvalue weighted by Gasteiger charge is 2.24. The fourth-order valence-corrected chi connectivity index (χ4v) is 4.24. The van der Waals surface area contributed by atoms with Gasteiger partial charge in [0.15, 0.2) is 9.84 Å². The Hall–Kier alpha value is -1.14. The van der Waals surface area contributed by atoms with Gasteiger partial charge in [-0.05, 0) is 44.4 Å². The van der Waals surface area contributed by atoms with E-state index in [4.69, 9.17) is 0 Å². The highest BCUT2D eigenvalue weighted by atomic mass is 32.2. The molecule has 0 saturated carbocycles. The highest BCUT2D eigenvalue weighted by molar-refractivity contribution is 7.91. The Labute approximate surface area is 139 Å². The third kappa shape index (κ3) is 5.18. The average molecular weight is 342 g/mol. The maximum atomic E-state index is 14.1. The van der Waals surface area contributed by atoms with E-state index in [0.29, 0.717) is 12.2 Å². The fraction of sp³-hybridized carbons (Fsp3) is 0.647. The number of benzene rings is 1. The largest absolute Gasteiger partial charge is 0.368 e. The molecule has 1 saturated heterocycles. The van der Waals surface area contributed by atoms with Crippen LogP contribution in [0.2, 0.25) is 0 Å². The Balaban J connectivity index is 1.99. The molecule has 1 fully saturated rings. The van der Waals surface area contributed by atoms with Crippen LogP contribution in [-0.2, 0) is 9.84 Å². The molecule has 0 aliphatic carbocycles. The quantitative estimate of drug-likeness (QED) is 0.863. The summed E-state index contributed by atoms with van der Waals surface area (Å²) < 4.78 is 37.5. The van der Waals surface area contributed by atoms with Crippen LogP contribution in [-0.4, -0.2) is 45.1 Å². The molecule has 0 spiro atoms. The number of hydrogen-bond donors (Lipinski definition) is 1. The van der Waals surface area contributed by atoms with E-state index in [1.54, 1.807) is 13.0 Å². The van der Waals surface area contributed by atoms with Crippen LogP contribution in [0.1, 0.15) is 32.3 Å². The van der Waals surface area contributed by atoms with E-state index >= 15 is 0 Å². The molecule has 1 aliphatic rings. The number of piperidine rings is 1. The number of hydrogen-bond acceptors (Lipinski definition) is 4. The summed E-state index contributed by atoms with van der Waals surface area (Å²) in [7, 11) is -2.98. The lowest BCUT2D eigenvalue weighted by molar-refractivity contribution is 0.392. The van der Waals surface area contributed by atoms with Crippen molar-refractivity contribution in [3.63, 3.8) is 0 Å². The Bertz CT molecular complexity index is 633. The number of sulfone groups is 1. The van der Waals surface area contributed by atoms with Gasteiger partial charge in [-0.25, -0.2) is 12.8 Å². The van der Waals surface area contributed by atoms with Gasteiger partial charge in [0.2, 0.25) is 0 Å². The molecule has 0 radical (unpaired) electrons. The Morgan fingerprint density at radius 1 is 1.43 bits per heavy atom. The molecule has 2 rings (SSSR count). The molecule has 0 unspecified atom stereocenters. The molecule has 0 amide bonds. The molecule has 1 N–H and O–H groups in total. The van der Waals surface area contributed by atoms with Crippen molar-refractivity contribution < 1.29 is 12.8 Å². The summed E-state index contributed by atoms with van der Waals surface area (Å²) in [6.45, 7) is 7.07. The van der Waals surface area contributed by atoms with E-state index in [2.05, 4.69) is 10.2 Å². The van der Waals surface area contributed by atoms with Crippen LogP contribution in [0.5, 0.6) is 0 Å². The van der Waals surface area contributed by atoms with Gasteiger partial charge in [0.05, 0.1) is 11.4 Å². The number of anilines is 1. The molecule has 23 heavy (non-hydrogen) atoms. The van der Waals surface area contributed by atoms with Crippen LogP contribution in [0.3, 0.4) is 0 Å². The van der Waals surface area contributed by atoms with Crippen LogP contribution in [0, 0.1) is 12.7 Å². The zero-order chi connectivity index (χ0) is 17.0. The number of halogens is 1. The topological polar surface area (TPSA) is 49.4 Å². The van der Waals surface area contributed by atoms with Gasteiger partial charge in [0, 0.05) is 30.9 Å². The van der Waals surface area contributed by atoms with Crippen LogP contribution < -0.4 is 10.2 Å². The van der Waals surface area contributed by atoms with Crippen molar-refractivity contribution in [1.82, 2.24) is 5.32 Å². The maximum absolute atomic E-state index is 14.1. The van der Waals surface area contributed by atoms with Crippen molar-refractivity contribution >= 4 is 15.5 Å². The van der Waals surface area contributed by atoms with Gasteiger partial charge >= 0.3 is 0 Å². The molecule has 1 aliphatic heterocycles. The molecule has 1 heterocycles. The first-order chi connectivity index (χ1) is 10.8. The van der Waals surface area contributed by atoms with Crippen molar-refractivity contribution in [2.24, 2.45) is 0 Å². The Morgan fingerprint density at radius 3 is 2.87 bits per heavy atom. The van der Waals surface area contributed by atoms with E-state index in [1.165, 1.54) is 6.07 Å². The van der Waals surface area contributed by atoms with E-state index in [-0.39, 0.29) is 29.4 Å². The molecule has 130 valence electrons. The average Bonchev–Trinajstić information content (AvgIpc) is 2.49. The molecule has 1 aromatic carbocycles. The minimum Gasteiger partial charge on any atom is -0.368 e. The molecule has 4 nitrogen and oxygen atoms in total. The second-order valence-electron chi connectivity index (χ2n) is 6.51. The van der Waals surface area contributed by atoms with Crippen LogP contribution in [0.4, 0.5) is 10.1 Å². The van der Waals surface area contributed by atoms with E-state index < -0.39 is 9.84 Å². The van der Waals surface area contributed by atoms with Crippen LogP contribution in [0.25, 0.3) is 0 Å². The number of aryl methyl sites for hydroxylation is 1. The van der Waals surface area contributed by atoms with Gasteiger partial charge in [-0.15, -0.1) is 0 Å².